The molecule has 1 aliphatic rings. The van der Waals surface area contributed by atoms with Gasteiger partial charge in [0, 0.05) is 23.5 Å². The summed E-state index contributed by atoms with van der Waals surface area (Å²) in [4.78, 5) is 40.7. The molecule has 0 unspecified atom stereocenters. The first-order valence-electron chi connectivity index (χ1n) is 10.3. The number of rotatable bonds is 7. The molecule has 0 spiro atoms. The Morgan fingerprint density at radius 1 is 1.18 bits per heavy atom. The Morgan fingerprint density at radius 3 is 2.44 bits per heavy atom. The first-order valence-corrected chi connectivity index (χ1v) is 11.2. The van der Waals surface area contributed by atoms with Crippen LogP contribution in [0.25, 0.3) is 0 Å². The molecule has 0 aliphatic carbocycles. The van der Waals surface area contributed by atoms with Crippen LogP contribution >= 0.6 is 11.3 Å². The van der Waals surface area contributed by atoms with E-state index in [-0.39, 0.29) is 22.7 Å². The van der Waals surface area contributed by atoms with Gasteiger partial charge in [-0.05, 0) is 38.1 Å². The first-order chi connectivity index (χ1) is 16.0. The average Bonchev–Trinajstić information content (AvgIpc) is 3.14. The third-order valence-electron chi connectivity index (χ3n) is 5.28. The zero-order chi connectivity index (χ0) is 25.1. The highest BCUT2D eigenvalue weighted by molar-refractivity contribution is 7.16. The van der Waals surface area contributed by atoms with Crippen LogP contribution in [0.15, 0.2) is 30.3 Å². The Kier molecular flexibility index (Phi) is 7.51. The number of ether oxygens (including phenoxy) is 2. The Morgan fingerprint density at radius 2 is 1.85 bits per heavy atom. The summed E-state index contributed by atoms with van der Waals surface area (Å²) in [6.45, 7) is 1.97. The maximum Gasteiger partial charge on any atom is 0.441 e. The summed E-state index contributed by atoms with van der Waals surface area (Å²) in [6, 6.07) is 7.15. The Bertz CT molecular complexity index is 1070. The van der Waals surface area contributed by atoms with Crippen molar-refractivity contribution in [2.75, 3.05) is 32.6 Å². The third kappa shape index (κ3) is 4.87. The van der Waals surface area contributed by atoms with Crippen LogP contribution in [-0.2, 0) is 27.2 Å². The number of fused-ring (bicyclic) bond motifs is 1. The molecule has 8 nitrogen and oxygen atoms in total. The average molecular weight is 500 g/mol. The number of esters is 2. The molecule has 0 radical (unpaired) electrons. The molecular weight excluding hydrogens is 475 g/mol. The van der Waals surface area contributed by atoms with E-state index in [2.05, 4.69) is 5.32 Å². The summed E-state index contributed by atoms with van der Waals surface area (Å²) >= 11 is 0.898. The summed E-state index contributed by atoms with van der Waals surface area (Å²) in [7, 11) is 2.96. The van der Waals surface area contributed by atoms with Crippen molar-refractivity contribution in [3.63, 3.8) is 0 Å². The number of methoxy groups -OCH3 is 1. The quantitative estimate of drug-likeness (QED) is 0.446. The van der Waals surface area contributed by atoms with Gasteiger partial charge in [0.15, 0.2) is 0 Å². The van der Waals surface area contributed by atoms with Crippen LogP contribution in [0.2, 0.25) is 0 Å². The van der Waals surface area contributed by atoms with Crippen LogP contribution in [0.1, 0.15) is 38.1 Å². The van der Waals surface area contributed by atoms with Gasteiger partial charge in [0.05, 0.1) is 19.3 Å². The number of nitrogens with zero attached hydrogens (tertiary/aromatic N) is 1. The van der Waals surface area contributed by atoms with Gasteiger partial charge in [0.25, 0.3) is 5.91 Å². The fourth-order valence-corrected chi connectivity index (χ4v) is 4.94. The topological polar surface area (TPSA) is 97.0 Å². The van der Waals surface area contributed by atoms with Gasteiger partial charge in [0.1, 0.15) is 5.00 Å². The van der Waals surface area contributed by atoms with Gasteiger partial charge in [-0.25, -0.2) is 9.59 Å². The zero-order valence-electron chi connectivity index (χ0n) is 18.7. The van der Waals surface area contributed by atoms with E-state index in [1.807, 2.05) is 11.9 Å². The number of halogens is 3. The van der Waals surface area contributed by atoms with Crippen LogP contribution in [0.4, 0.5) is 18.2 Å². The lowest BCUT2D eigenvalue weighted by atomic mass is 10.0. The van der Waals surface area contributed by atoms with Gasteiger partial charge in [-0.3, -0.25) is 4.79 Å². The Balaban J connectivity index is 2.15. The van der Waals surface area contributed by atoms with Gasteiger partial charge in [0.2, 0.25) is 0 Å². The summed E-state index contributed by atoms with van der Waals surface area (Å²) < 4.78 is 53.3. The van der Waals surface area contributed by atoms with E-state index < -0.39 is 29.7 Å². The third-order valence-corrected chi connectivity index (χ3v) is 6.41. The summed E-state index contributed by atoms with van der Waals surface area (Å²) in [5.74, 6) is -3.76. The second-order valence-electron chi connectivity index (χ2n) is 7.60. The summed E-state index contributed by atoms with van der Waals surface area (Å²) in [5.41, 5.74) is -3.30. The number of amides is 1. The number of hydrogen-bond acceptors (Lipinski definition) is 8. The number of thiophene rings is 1. The molecule has 12 heteroatoms. The molecule has 1 atom stereocenters. The van der Waals surface area contributed by atoms with Crippen molar-refractivity contribution in [3.8, 4) is 0 Å². The van der Waals surface area contributed by atoms with E-state index in [4.69, 9.17) is 9.47 Å². The Hall–Kier alpha value is -3.12. The molecule has 1 aromatic carbocycles. The monoisotopic (exact) mass is 499 g/mol. The molecule has 0 fully saturated rings. The fraction of sp³-hybridized carbons (Fsp3) is 0.409. The summed E-state index contributed by atoms with van der Waals surface area (Å²) in [6.07, 6.45) is -4.93. The summed E-state index contributed by atoms with van der Waals surface area (Å²) in [5, 5.41) is 3.68. The van der Waals surface area contributed by atoms with Gasteiger partial charge in [-0.15, -0.1) is 11.3 Å². The van der Waals surface area contributed by atoms with Gasteiger partial charge in [-0.1, -0.05) is 18.2 Å². The zero-order valence-corrected chi connectivity index (χ0v) is 19.6. The number of likely N-dealkylation sites (N-methyl/N-ethyl adjacent to an activating group) is 1. The number of anilines is 1. The minimum Gasteiger partial charge on any atom is -0.465 e. The number of carbonyl (C=O) groups excluding carboxylic acids is 3. The molecule has 184 valence electrons. The smallest absolute Gasteiger partial charge is 0.441 e. The number of alkyl halides is 3. The largest absolute Gasteiger partial charge is 0.465 e. The van der Waals surface area contributed by atoms with Crippen molar-refractivity contribution in [1.29, 1.82) is 0 Å². The molecule has 2 heterocycles. The molecule has 1 aliphatic heterocycles. The maximum absolute atomic E-state index is 14.6. The predicted octanol–water partition coefficient (Wildman–Crippen LogP) is 3.19. The lowest BCUT2D eigenvalue weighted by Gasteiger charge is -2.35. The van der Waals surface area contributed by atoms with Gasteiger partial charge >= 0.3 is 23.8 Å². The van der Waals surface area contributed by atoms with Crippen molar-refractivity contribution in [2.45, 2.75) is 31.7 Å². The molecule has 0 saturated heterocycles. The molecule has 34 heavy (non-hydrogen) atoms. The van der Waals surface area contributed by atoms with Crippen molar-refractivity contribution in [1.82, 2.24) is 10.2 Å². The van der Waals surface area contributed by atoms with Gasteiger partial charge in [-0.2, -0.15) is 13.2 Å². The lowest BCUT2D eigenvalue weighted by Crippen LogP contribution is -2.69. The normalized spacial score (nSPS) is 15.6. The maximum atomic E-state index is 14.6. The van der Waals surface area contributed by atoms with E-state index in [1.165, 1.54) is 31.2 Å². The fourth-order valence-electron chi connectivity index (χ4n) is 3.57. The SMILES string of the molecule is CCOC(=O)[C@@](NC(=O)c1ccccc1)(Nc1sc2c(c1C(=O)OC)CCN(C)C2)C(F)(F)F. The van der Waals surface area contributed by atoms with Crippen LogP contribution in [0, 0.1) is 0 Å². The first kappa shape index (κ1) is 25.5. The molecule has 2 aromatic rings. The minimum atomic E-state index is -5.33. The minimum absolute atomic E-state index is 0.0949. The number of hydrogen-bond donors (Lipinski definition) is 2. The van der Waals surface area contributed by atoms with Crippen molar-refractivity contribution in [2.24, 2.45) is 0 Å². The number of benzene rings is 1. The standard InChI is InChI=1S/C22H24F3N3O5S/c1-4-33-20(31)21(22(23,24)25,26-17(29)13-8-6-5-7-9-13)27-18-16(19(30)32-3)14-10-11-28(2)12-15(14)34-18/h5-9,27H,4,10-12H2,1-3H3,(H,26,29)/t21-/m1/s1. The molecular formula is C22H24F3N3O5S. The lowest BCUT2D eigenvalue weighted by molar-refractivity contribution is -0.204. The van der Waals surface area contributed by atoms with E-state index in [0.717, 1.165) is 18.4 Å². The predicted molar refractivity (Wildman–Crippen MR) is 119 cm³/mol. The Labute approximate surface area is 198 Å². The highest BCUT2D eigenvalue weighted by Gasteiger charge is 2.64. The molecule has 1 aromatic heterocycles. The van der Waals surface area contributed by atoms with Crippen molar-refractivity contribution >= 4 is 34.2 Å². The molecule has 0 saturated carbocycles. The van der Waals surface area contributed by atoms with E-state index in [0.29, 0.717) is 30.0 Å². The number of nitrogens with one attached hydrogen (secondary N) is 2. The van der Waals surface area contributed by atoms with Crippen LogP contribution in [-0.4, -0.2) is 61.9 Å². The molecule has 2 N–H and O–H groups in total. The van der Waals surface area contributed by atoms with Crippen LogP contribution in [0.5, 0.6) is 0 Å². The van der Waals surface area contributed by atoms with E-state index in [1.54, 1.807) is 11.4 Å². The van der Waals surface area contributed by atoms with E-state index >= 15 is 0 Å². The van der Waals surface area contributed by atoms with E-state index in [9.17, 15) is 27.6 Å². The van der Waals surface area contributed by atoms with Crippen LogP contribution in [0.3, 0.4) is 0 Å². The number of carbonyl (C=O) groups is 3. The van der Waals surface area contributed by atoms with Crippen molar-refractivity contribution < 1.29 is 37.0 Å². The highest BCUT2D eigenvalue weighted by Crippen LogP contribution is 2.41. The van der Waals surface area contributed by atoms with Crippen LogP contribution < -0.4 is 10.6 Å². The van der Waals surface area contributed by atoms with Gasteiger partial charge < -0.3 is 25.0 Å². The second-order valence-corrected chi connectivity index (χ2v) is 8.71. The highest BCUT2D eigenvalue weighted by atomic mass is 32.1. The van der Waals surface area contributed by atoms with Crippen molar-refractivity contribution in [3.05, 3.63) is 51.9 Å². The molecule has 0 bridgehead atoms. The molecule has 1 amide bonds. The molecule has 3 rings (SSSR count). The second kappa shape index (κ2) is 10.0.